The van der Waals surface area contributed by atoms with Crippen LogP contribution in [0.5, 0.6) is 0 Å². The number of urea groups is 1. The molecule has 1 heterocycles. The molecule has 24 heavy (non-hydrogen) atoms. The summed E-state index contributed by atoms with van der Waals surface area (Å²) in [5.41, 5.74) is 5.78. The number of esters is 1. The van der Waals surface area contributed by atoms with Gasteiger partial charge in [-0.2, -0.15) is 4.98 Å². The molecule has 3 N–H and O–H groups in total. The van der Waals surface area contributed by atoms with E-state index in [1.54, 1.807) is 0 Å². The maximum absolute atomic E-state index is 11.6. The van der Waals surface area contributed by atoms with E-state index in [0.717, 1.165) is 18.4 Å². The molecule has 2 aromatic rings. The normalized spacial score (nSPS) is 10.3. The van der Waals surface area contributed by atoms with Crippen LogP contribution in [0.25, 0.3) is 11.4 Å². The summed E-state index contributed by atoms with van der Waals surface area (Å²) in [6.45, 7) is 0.469. The van der Waals surface area contributed by atoms with Gasteiger partial charge in [-0.25, -0.2) is 4.79 Å². The lowest BCUT2D eigenvalue weighted by atomic mass is 10.2. The van der Waals surface area contributed by atoms with E-state index in [2.05, 4.69) is 15.5 Å². The van der Waals surface area contributed by atoms with E-state index in [9.17, 15) is 9.59 Å². The zero-order valence-electron chi connectivity index (χ0n) is 13.2. The van der Waals surface area contributed by atoms with Crippen molar-refractivity contribution in [2.24, 2.45) is 5.73 Å². The van der Waals surface area contributed by atoms with Crippen LogP contribution in [0.15, 0.2) is 34.9 Å². The van der Waals surface area contributed by atoms with Gasteiger partial charge in [-0.3, -0.25) is 4.79 Å². The number of rotatable bonds is 9. The fraction of sp³-hybridized carbons (Fsp3) is 0.375. The molecule has 0 saturated heterocycles. The second-order valence-corrected chi connectivity index (χ2v) is 5.14. The van der Waals surface area contributed by atoms with Gasteiger partial charge in [0.25, 0.3) is 5.89 Å². The molecule has 0 aliphatic rings. The van der Waals surface area contributed by atoms with Gasteiger partial charge in [0.1, 0.15) is 0 Å². The highest BCUT2D eigenvalue weighted by Crippen LogP contribution is 2.15. The molecule has 0 fully saturated rings. The number of carbonyl (C=O) groups is 2. The molecule has 8 nitrogen and oxygen atoms in total. The van der Waals surface area contributed by atoms with Gasteiger partial charge in [-0.05, 0) is 12.8 Å². The van der Waals surface area contributed by atoms with Crippen LogP contribution < -0.4 is 11.1 Å². The quantitative estimate of drug-likeness (QED) is 0.535. The van der Waals surface area contributed by atoms with Crippen LogP contribution in [0.2, 0.25) is 0 Å². The lowest BCUT2D eigenvalue weighted by Gasteiger charge is -2.03. The molecule has 2 amide bonds. The van der Waals surface area contributed by atoms with E-state index < -0.39 is 6.03 Å². The molecule has 8 heteroatoms. The van der Waals surface area contributed by atoms with E-state index in [4.69, 9.17) is 15.0 Å². The van der Waals surface area contributed by atoms with E-state index in [1.807, 2.05) is 30.3 Å². The maximum atomic E-state index is 11.6. The number of hydrogen-bond acceptors (Lipinski definition) is 6. The maximum Gasteiger partial charge on any atom is 0.312 e. The largest absolute Gasteiger partial charge is 0.456 e. The number of benzene rings is 1. The Hall–Kier alpha value is -2.90. The molecule has 0 spiro atoms. The lowest BCUT2D eigenvalue weighted by molar-refractivity contribution is -0.145. The number of hydrogen-bond donors (Lipinski definition) is 2. The Balaban J connectivity index is 1.64. The summed E-state index contributed by atoms with van der Waals surface area (Å²) in [6.07, 6.45) is 2.54. The van der Waals surface area contributed by atoms with Crippen LogP contribution in [-0.2, 0) is 16.1 Å². The summed E-state index contributed by atoms with van der Waals surface area (Å²) in [4.78, 5) is 26.3. The Kier molecular flexibility index (Phi) is 6.75. The number of nitrogens with one attached hydrogen (secondary N) is 1. The van der Waals surface area contributed by atoms with Crippen molar-refractivity contribution in [2.75, 3.05) is 6.54 Å². The fourth-order valence-electron chi connectivity index (χ4n) is 2.02. The molecular formula is C16H20N4O4. The summed E-state index contributed by atoms with van der Waals surface area (Å²) in [7, 11) is 0. The van der Waals surface area contributed by atoms with E-state index in [-0.39, 0.29) is 18.5 Å². The summed E-state index contributed by atoms with van der Waals surface area (Å²) >= 11 is 0. The third kappa shape index (κ3) is 6.07. The van der Waals surface area contributed by atoms with E-state index in [1.165, 1.54) is 0 Å². The third-order valence-corrected chi connectivity index (χ3v) is 3.21. The number of nitrogens with zero attached hydrogens (tertiary/aromatic N) is 2. The van der Waals surface area contributed by atoms with Crippen LogP contribution in [0.3, 0.4) is 0 Å². The van der Waals surface area contributed by atoms with Crippen LogP contribution in [0.1, 0.15) is 31.6 Å². The van der Waals surface area contributed by atoms with Crippen molar-refractivity contribution in [1.29, 1.82) is 0 Å². The summed E-state index contributed by atoms with van der Waals surface area (Å²) in [5, 5.41) is 6.34. The second-order valence-electron chi connectivity index (χ2n) is 5.14. The minimum absolute atomic E-state index is 0.0398. The fourth-order valence-corrected chi connectivity index (χ4v) is 2.02. The van der Waals surface area contributed by atoms with Crippen molar-refractivity contribution in [2.45, 2.75) is 32.3 Å². The number of aromatic nitrogens is 2. The first-order valence-corrected chi connectivity index (χ1v) is 7.72. The molecule has 0 aliphatic carbocycles. The topological polar surface area (TPSA) is 120 Å². The number of ether oxygens (including phenoxy) is 1. The Bertz CT molecular complexity index is 657. The van der Waals surface area contributed by atoms with E-state index >= 15 is 0 Å². The van der Waals surface area contributed by atoms with Crippen LogP contribution in [-0.4, -0.2) is 28.7 Å². The number of unbranched alkanes of at least 4 members (excludes halogenated alkanes) is 2. The van der Waals surface area contributed by atoms with Gasteiger partial charge in [-0.1, -0.05) is 41.9 Å². The SMILES string of the molecule is NC(=O)NCCCCCC(=O)OCc1nc(-c2ccccc2)no1. The van der Waals surface area contributed by atoms with Crippen LogP contribution in [0, 0.1) is 0 Å². The Morgan fingerprint density at radius 3 is 2.71 bits per heavy atom. The van der Waals surface area contributed by atoms with Crippen molar-refractivity contribution in [3.63, 3.8) is 0 Å². The van der Waals surface area contributed by atoms with Crippen molar-refractivity contribution < 1.29 is 18.8 Å². The van der Waals surface area contributed by atoms with Gasteiger partial charge in [0, 0.05) is 18.5 Å². The monoisotopic (exact) mass is 332 g/mol. The molecule has 1 aromatic carbocycles. The predicted octanol–water partition coefficient (Wildman–Crippen LogP) is 2.01. The molecular weight excluding hydrogens is 312 g/mol. The zero-order chi connectivity index (χ0) is 17.2. The Morgan fingerprint density at radius 2 is 1.96 bits per heavy atom. The molecule has 0 radical (unpaired) electrons. The first-order valence-electron chi connectivity index (χ1n) is 7.72. The molecule has 128 valence electrons. The van der Waals surface area contributed by atoms with Gasteiger partial charge < -0.3 is 20.3 Å². The summed E-state index contributed by atoms with van der Waals surface area (Å²) in [6, 6.07) is 8.86. The number of amides is 2. The molecule has 0 aliphatic heterocycles. The predicted molar refractivity (Wildman–Crippen MR) is 85.6 cm³/mol. The molecule has 0 saturated carbocycles. The number of primary amides is 1. The molecule has 1 aromatic heterocycles. The van der Waals surface area contributed by atoms with Crippen molar-refractivity contribution in [1.82, 2.24) is 15.5 Å². The smallest absolute Gasteiger partial charge is 0.312 e. The van der Waals surface area contributed by atoms with Crippen LogP contribution >= 0.6 is 0 Å². The molecule has 0 atom stereocenters. The van der Waals surface area contributed by atoms with Gasteiger partial charge in [0.2, 0.25) is 5.82 Å². The minimum atomic E-state index is -0.538. The molecule has 2 rings (SSSR count). The summed E-state index contributed by atoms with van der Waals surface area (Å²) in [5.74, 6) is 0.397. The average Bonchev–Trinajstić information content (AvgIpc) is 3.06. The van der Waals surface area contributed by atoms with Crippen molar-refractivity contribution >= 4 is 12.0 Å². The first kappa shape index (κ1) is 17.5. The van der Waals surface area contributed by atoms with Gasteiger partial charge >= 0.3 is 12.0 Å². The van der Waals surface area contributed by atoms with Gasteiger partial charge in [0.05, 0.1) is 0 Å². The minimum Gasteiger partial charge on any atom is -0.456 e. The zero-order valence-corrected chi connectivity index (χ0v) is 13.2. The highest BCUT2D eigenvalue weighted by molar-refractivity contribution is 5.71. The highest BCUT2D eigenvalue weighted by atomic mass is 16.6. The Morgan fingerprint density at radius 1 is 1.17 bits per heavy atom. The van der Waals surface area contributed by atoms with Gasteiger partial charge in [0.15, 0.2) is 6.61 Å². The van der Waals surface area contributed by atoms with Gasteiger partial charge in [-0.15, -0.1) is 0 Å². The standard InChI is InChI=1S/C16H20N4O4/c17-16(22)18-10-6-2-5-9-14(21)23-11-13-19-15(20-24-13)12-7-3-1-4-8-12/h1,3-4,7-8H,2,5-6,9-11H2,(H3,17,18,22). The highest BCUT2D eigenvalue weighted by Gasteiger charge is 2.10. The second kappa shape index (κ2) is 9.29. The lowest BCUT2D eigenvalue weighted by Crippen LogP contribution is -2.29. The van der Waals surface area contributed by atoms with Crippen LogP contribution in [0.4, 0.5) is 4.79 Å². The first-order chi connectivity index (χ1) is 11.6. The number of nitrogens with two attached hydrogens (primary N) is 1. The summed E-state index contributed by atoms with van der Waals surface area (Å²) < 4.78 is 10.2. The van der Waals surface area contributed by atoms with E-state index in [0.29, 0.717) is 25.2 Å². The Labute approximate surface area is 139 Å². The number of carbonyl (C=O) groups excluding carboxylic acids is 2. The third-order valence-electron chi connectivity index (χ3n) is 3.21. The average molecular weight is 332 g/mol. The molecule has 0 bridgehead atoms. The van der Waals surface area contributed by atoms with Crippen molar-refractivity contribution in [3.8, 4) is 11.4 Å². The van der Waals surface area contributed by atoms with Crippen molar-refractivity contribution in [3.05, 3.63) is 36.2 Å². The molecule has 0 unspecified atom stereocenters.